The maximum Gasteiger partial charge on any atom is 0.255 e. The zero-order chi connectivity index (χ0) is 20.3. The summed E-state index contributed by atoms with van der Waals surface area (Å²) in [5.41, 5.74) is 10.4. The molecule has 0 atom stereocenters. The summed E-state index contributed by atoms with van der Waals surface area (Å²) >= 11 is 0. The summed E-state index contributed by atoms with van der Waals surface area (Å²) in [7, 11) is 0. The normalized spacial score (nSPS) is 10.8. The smallest absolute Gasteiger partial charge is 0.255 e. The fourth-order valence-electron chi connectivity index (χ4n) is 3.05. The van der Waals surface area contributed by atoms with Crippen molar-refractivity contribution in [2.45, 2.75) is 33.6 Å². The molecule has 0 radical (unpaired) electrons. The third-order valence-corrected chi connectivity index (χ3v) is 4.41. The van der Waals surface area contributed by atoms with Gasteiger partial charge in [-0.25, -0.2) is 9.50 Å². The van der Waals surface area contributed by atoms with Gasteiger partial charge in [-0.1, -0.05) is 0 Å². The minimum absolute atomic E-state index is 0.0960. The summed E-state index contributed by atoms with van der Waals surface area (Å²) in [5.74, 6) is -0.126. The third kappa shape index (κ3) is 4.46. The Morgan fingerprint density at radius 2 is 1.89 bits per heavy atom. The first kappa shape index (κ1) is 19.3. The number of ether oxygens (including phenoxy) is 1. The van der Waals surface area contributed by atoms with Gasteiger partial charge in [0.25, 0.3) is 5.91 Å². The van der Waals surface area contributed by atoms with Crippen molar-refractivity contribution >= 4 is 23.1 Å². The third-order valence-electron chi connectivity index (χ3n) is 4.41. The van der Waals surface area contributed by atoms with Crippen LogP contribution in [0.2, 0.25) is 0 Å². The second-order valence-corrected chi connectivity index (χ2v) is 6.64. The molecule has 2 aromatic heterocycles. The molecule has 0 saturated heterocycles. The number of nitrogens with zero attached hydrogens (tertiary/aromatic N) is 3. The second-order valence-electron chi connectivity index (χ2n) is 6.64. The van der Waals surface area contributed by atoms with E-state index in [2.05, 4.69) is 15.4 Å². The molecular formula is C20H23N5O3. The average Bonchev–Trinajstić information content (AvgIpc) is 3.01. The van der Waals surface area contributed by atoms with Crippen LogP contribution in [0.15, 0.2) is 30.3 Å². The lowest BCUT2D eigenvalue weighted by Gasteiger charge is -2.11. The van der Waals surface area contributed by atoms with Crippen molar-refractivity contribution in [2.24, 2.45) is 5.73 Å². The van der Waals surface area contributed by atoms with Crippen LogP contribution in [0.1, 0.15) is 29.1 Å². The molecular weight excluding hydrogens is 358 g/mol. The lowest BCUT2D eigenvalue weighted by molar-refractivity contribution is -0.120. The van der Waals surface area contributed by atoms with E-state index in [4.69, 9.17) is 10.5 Å². The van der Waals surface area contributed by atoms with Gasteiger partial charge in [0, 0.05) is 29.6 Å². The Kier molecular flexibility index (Phi) is 5.58. The minimum Gasteiger partial charge on any atom is -0.484 e. The van der Waals surface area contributed by atoms with E-state index in [0.29, 0.717) is 24.3 Å². The van der Waals surface area contributed by atoms with Gasteiger partial charge in [0.2, 0.25) is 5.91 Å². The molecule has 0 unspecified atom stereocenters. The van der Waals surface area contributed by atoms with Crippen LogP contribution in [0.3, 0.4) is 0 Å². The number of anilines is 1. The van der Waals surface area contributed by atoms with Gasteiger partial charge in [-0.2, -0.15) is 5.10 Å². The van der Waals surface area contributed by atoms with E-state index < -0.39 is 5.91 Å². The summed E-state index contributed by atoms with van der Waals surface area (Å²) < 4.78 is 7.01. The quantitative estimate of drug-likeness (QED) is 0.651. The Bertz CT molecular complexity index is 1020. The number of nitrogens with one attached hydrogen (secondary N) is 1. The Morgan fingerprint density at radius 1 is 1.18 bits per heavy atom. The number of primary amides is 1. The molecule has 0 aliphatic rings. The van der Waals surface area contributed by atoms with Crippen LogP contribution in [-0.2, 0) is 16.0 Å². The highest BCUT2D eigenvalue weighted by atomic mass is 16.5. The van der Waals surface area contributed by atoms with Gasteiger partial charge in [-0.15, -0.1) is 0 Å². The molecule has 0 saturated carbocycles. The zero-order valence-electron chi connectivity index (χ0n) is 16.2. The van der Waals surface area contributed by atoms with Gasteiger partial charge in [-0.3, -0.25) is 9.59 Å². The van der Waals surface area contributed by atoms with E-state index in [1.807, 2.05) is 31.4 Å². The highest BCUT2D eigenvalue weighted by molar-refractivity contribution is 5.90. The van der Waals surface area contributed by atoms with E-state index in [0.717, 1.165) is 28.3 Å². The molecule has 8 nitrogen and oxygen atoms in total. The highest BCUT2D eigenvalue weighted by Crippen LogP contribution is 2.19. The number of carbonyl (C=O) groups excluding carboxylic acids is 2. The minimum atomic E-state index is -0.541. The number of amides is 2. The highest BCUT2D eigenvalue weighted by Gasteiger charge is 2.13. The number of hydrogen-bond donors (Lipinski definition) is 2. The van der Waals surface area contributed by atoms with Crippen LogP contribution in [-0.4, -0.2) is 33.0 Å². The molecule has 2 heterocycles. The van der Waals surface area contributed by atoms with Crippen molar-refractivity contribution in [2.75, 3.05) is 11.9 Å². The van der Waals surface area contributed by atoms with Crippen molar-refractivity contribution in [3.05, 3.63) is 53.0 Å². The maximum absolute atomic E-state index is 12.3. The van der Waals surface area contributed by atoms with Gasteiger partial charge in [-0.05, 0) is 57.0 Å². The molecule has 146 valence electrons. The van der Waals surface area contributed by atoms with Crippen molar-refractivity contribution in [3.8, 4) is 5.75 Å². The zero-order valence-corrected chi connectivity index (χ0v) is 16.2. The summed E-state index contributed by atoms with van der Waals surface area (Å²) in [6, 6.07) is 8.71. The number of aromatic nitrogens is 3. The molecule has 0 bridgehead atoms. The van der Waals surface area contributed by atoms with E-state index in [-0.39, 0.29) is 12.5 Å². The Balaban J connectivity index is 1.61. The predicted octanol–water partition coefficient (Wildman–Crippen LogP) is 2.09. The molecule has 28 heavy (non-hydrogen) atoms. The first-order valence-electron chi connectivity index (χ1n) is 8.97. The first-order chi connectivity index (χ1) is 13.3. The number of nitrogens with two attached hydrogens (primary N) is 1. The Hall–Kier alpha value is -3.42. The van der Waals surface area contributed by atoms with Crippen LogP contribution >= 0.6 is 0 Å². The lowest BCUT2D eigenvalue weighted by atomic mass is 10.1. The Labute approximate surface area is 162 Å². The van der Waals surface area contributed by atoms with Crippen LogP contribution in [0.4, 0.5) is 5.69 Å². The first-order valence-corrected chi connectivity index (χ1v) is 8.97. The molecule has 3 N–H and O–H groups in total. The van der Waals surface area contributed by atoms with Crippen LogP contribution in [0, 0.1) is 20.8 Å². The van der Waals surface area contributed by atoms with Crippen molar-refractivity contribution in [1.29, 1.82) is 0 Å². The van der Waals surface area contributed by atoms with Gasteiger partial charge in [0.15, 0.2) is 12.3 Å². The number of rotatable bonds is 7. The fourth-order valence-corrected chi connectivity index (χ4v) is 3.05. The molecule has 8 heteroatoms. The molecule has 0 aliphatic carbocycles. The van der Waals surface area contributed by atoms with E-state index in [1.54, 1.807) is 24.3 Å². The molecule has 0 aliphatic heterocycles. The molecule has 1 aromatic carbocycles. The van der Waals surface area contributed by atoms with Crippen LogP contribution < -0.4 is 15.8 Å². The summed E-state index contributed by atoms with van der Waals surface area (Å²) in [4.78, 5) is 27.6. The second kappa shape index (κ2) is 8.08. The SMILES string of the molecule is Cc1cc2nc(C)c(CCC(=O)Nc3ccc(OCC(N)=O)cc3)c(C)n2n1. The number of aryl methyl sites for hydroxylation is 3. The van der Waals surface area contributed by atoms with Gasteiger partial charge in [0.1, 0.15) is 5.75 Å². The number of fused-ring (bicyclic) bond motifs is 1. The van der Waals surface area contributed by atoms with E-state index in [9.17, 15) is 9.59 Å². The van der Waals surface area contributed by atoms with Gasteiger partial charge < -0.3 is 15.8 Å². The Morgan fingerprint density at radius 3 is 2.57 bits per heavy atom. The topological polar surface area (TPSA) is 112 Å². The molecule has 3 aromatic rings. The summed E-state index contributed by atoms with van der Waals surface area (Å²) in [5, 5.41) is 7.31. The molecule has 3 rings (SSSR count). The number of hydrogen-bond acceptors (Lipinski definition) is 5. The summed E-state index contributed by atoms with van der Waals surface area (Å²) in [6.07, 6.45) is 0.903. The van der Waals surface area contributed by atoms with Crippen LogP contribution in [0.5, 0.6) is 5.75 Å². The van der Waals surface area contributed by atoms with Crippen molar-refractivity contribution < 1.29 is 14.3 Å². The number of benzene rings is 1. The lowest BCUT2D eigenvalue weighted by Crippen LogP contribution is -2.20. The van der Waals surface area contributed by atoms with Crippen molar-refractivity contribution in [3.63, 3.8) is 0 Å². The average molecular weight is 381 g/mol. The standard InChI is InChI=1S/C20H23N5O3/c1-12-10-19-22-13(2)17(14(3)25(19)24-12)8-9-20(27)23-15-4-6-16(7-5-15)28-11-18(21)26/h4-7,10H,8-9,11H2,1-3H3,(H2,21,26)(H,23,27). The monoisotopic (exact) mass is 381 g/mol. The largest absolute Gasteiger partial charge is 0.484 e. The van der Waals surface area contributed by atoms with Crippen LogP contribution in [0.25, 0.3) is 5.65 Å². The van der Waals surface area contributed by atoms with Gasteiger partial charge in [0.05, 0.1) is 5.69 Å². The van der Waals surface area contributed by atoms with Crippen molar-refractivity contribution in [1.82, 2.24) is 14.6 Å². The number of carbonyl (C=O) groups is 2. The molecule has 2 amide bonds. The molecule has 0 spiro atoms. The predicted molar refractivity (Wildman–Crippen MR) is 105 cm³/mol. The summed E-state index contributed by atoms with van der Waals surface area (Å²) in [6.45, 7) is 5.69. The van der Waals surface area contributed by atoms with Gasteiger partial charge >= 0.3 is 0 Å². The van der Waals surface area contributed by atoms with E-state index in [1.165, 1.54) is 0 Å². The van der Waals surface area contributed by atoms with E-state index >= 15 is 0 Å². The molecule has 0 fully saturated rings. The maximum atomic E-state index is 12.3. The fraction of sp³-hybridized carbons (Fsp3) is 0.300.